The van der Waals surface area contributed by atoms with Gasteiger partial charge in [-0.2, -0.15) is 5.06 Å². The molecule has 31 heavy (non-hydrogen) atoms. The van der Waals surface area contributed by atoms with Gasteiger partial charge < -0.3 is 9.74 Å². The molecule has 0 spiro atoms. The summed E-state index contributed by atoms with van der Waals surface area (Å²) in [7, 11) is 0. The molecule has 0 aromatic heterocycles. The highest BCUT2D eigenvalue weighted by Gasteiger charge is 2.38. The molecule has 2 aliphatic heterocycles. The maximum atomic E-state index is 13.6. The smallest absolute Gasteiger partial charge is 0.261 e. The van der Waals surface area contributed by atoms with Crippen LogP contribution in [-0.2, 0) is 14.4 Å². The Bertz CT molecular complexity index is 979. The Labute approximate surface area is 178 Å². The minimum absolute atomic E-state index is 0.00148. The van der Waals surface area contributed by atoms with Crippen LogP contribution in [0.25, 0.3) is 0 Å². The Morgan fingerprint density at radius 1 is 1.16 bits per heavy atom. The van der Waals surface area contributed by atoms with Gasteiger partial charge in [-0.15, -0.1) is 0 Å². The maximum Gasteiger partial charge on any atom is 0.261 e. The Kier molecular flexibility index (Phi) is 5.58. The number of benzene rings is 1. The summed E-state index contributed by atoms with van der Waals surface area (Å²) >= 11 is 0. The van der Waals surface area contributed by atoms with Gasteiger partial charge in [0, 0.05) is 24.6 Å². The van der Waals surface area contributed by atoms with Crippen molar-refractivity contribution in [3.8, 4) is 0 Å². The van der Waals surface area contributed by atoms with Crippen molar-refractivity contribution in [2.45, 2.75) is 32.2 Å². The SMILES string of the molecule is CC1=C(ON(C=O)C/C(=C/F)CN2C(=O)c3ccccc3C2=O)CCN(C2CC2)C1=O. The fourth-order valence-corrected chi connectivity index (χ4v) is 3.83. The molecule has 1 aliphatic carbocycles. The molecule has 0 bridgehead atoms. The highest BCUT2D eigenvalue weighted by molar-refractivity contribution is 6.21. The van der Waals surface area contributed by atoms with E-state index in [0.717, 1.165) is 22.8 Å². The van der Waals surface area contributed by atoms with Gasteiger partial charge in [-0.3, -0.25) is 24.1 Å². The number of hydrogen-bond donors (Lipinski definition) is 0. The van der Waals surface area contributed by atoms with Crippen molar-refractivity contribution >= 4 is 24.1 Å². The van der Waals surface area contributed by atoms with Gasteiger partial charge >= 0.3 is 0 Å². The van der Waals surface area contributed by atoms with Crippen molar-refractivity contribution in [1.29, 1.82) is 0 Å². The molecule has 8 nitrogen and oxygen atoms in total. The predicted molar refractivity (Wildman–Crippen MR) is 107 cm³/mol. The average molecular weight is 427 g/mol. The van der Waals surface area contributed by atoms with E-state index in [1.807, 2.05) is 4.90 Å². The lowest BCUT2D eigenvalue weighted by Gasteiger charge is -2.31. The molecule has 0 unspecified atom stereocenters. The van der Waals surface area contributed by atoms with Gasteiger partial charge in [0.15, 0.2) is 0 Å². The third kappa shape index (κ3) is 3.95. The van der Waals surface area contributed by atoms with Crippen LogP contribution in [0.4, 0.5) is 4.39 Å². The number of hydrogen-bond acceptors (Lipinski definition) is 5. The van der Waals surface area contributed by atoms with E-state index in [9.17, 15) is 23.6 Å². The van der Waals surface area contributed by atoms with Gasteiger partial charge in [0.1, 0.15) is 5.76 Å². The van der Waals surface area contributed by atoms with Gasteiger partial charge in [-0.25, -0.2) is 4.39 Å². The summed E-state index contributed by atoms with van der Waals surface area (Å²) in [5.41, 5.74) is 0.935. The first-order valence-electron chi connectivity index (χ1n) is 10.1. The van der Waals surface area contributed by atoms with Crippen LogP contribution in [-0.4, -0.2) is 64.7 Å². The Hall–Kier alpha value is -3.49. The van der Waals surface area contributed by atoms with Crippen molar-refractivity contribution in [2.24, 2.45) is 0 Å². The molecule has 0 saturated heterocycles. The molecule has 0 N–H and O–H groups in total. The predicted octanol–water partition coefficient (Wildman–Crippen LogP) is 2.19. The summed E-state index contributed by atoms with van der Waals surface area (Å²) in [6, 6.07) is 6.65. The average Bonchev–Trinajstić information content (AvgIpc) is 3.59. The van der Waals surface area contributed by atoms with Crippen LogP contribution in [0.1, 0.15) is 46.9 Å². The monoisotopic (exact) mass is 427 g/mol. The number of carbonyl (C=O) groups is 4. The van der Waals surface area contributed by atoms with E-state index >= 15 is 0 Å². The van der Waals surface area contributed by atoms with Crippen molar-refractivity contribution < 1.29 is 28.4 Å². The number of amides is 4. The highest BCUT2D eigenvalue weighted by Crippen LogP contribution is 2.32. The van der Waals surface area contributed by atoms with Gasteiger partial charge in [0.2, 0.25) is 6.41 Å². The molecule has 0 radical (unpaired) electrons. The van der Waals surface area contributed by atoms with Crippen LogP contribution in [0.3, 0.4) is 0 Å². The van der Waals surface area contributed by atoms with E-state index in [0.29, 0.717) is 30.7 Å². The van der Waals surface area contributed by atoms with Gasteiger partial charge in [-0.05, 0) is 31.9 Å². The summed E-state index contributed by atoms with van der Waals surface area (Å²) in [5.74, 6) is -0.806. The number of rotatable bonds is 8. The van der Waals surface area contributed by atoms with Crippen LogP contribution in [0.2, 0.25) is 0 Å². The van der Waals surface area contributed by atoms with Gasteiger partial charge in [-0.1, -0.05) is 12.1 Å². The molecular formula is C22H22FN3O5. The number of carbonyl (C=O) groups excluding carboxylic acids is 4. The third-order valence-electron chi connectivity index (χ3n) is 5.66. The van der Waals surface area contributed by atoms with E-state index in [-0.39, 0.29) is 48.1 Å². The Morgan fingerprint density at radius 2 is 1.81 bits per heavy atom. The summed E-state index contributed by atoms with van der Waals surface area (Å²) in [6.07, 6.45) is 3.08. The maximum absolute atomic E-state index is 13.6. The van der Waals surface area contributed by atoms with Crippen molar-refractivity contribution in [3.63, 3.8) is 0 Å². The second-order valence-electron chi connectivity index (χ2n) is 7.81. The summed E-state index contributed by atoms with van der Waals surface area (Å²) in [4.78, 5) is 57.3. The van der Waals surface area contributed by atoms with Crippen molar-refractivity contribution in [3.05, 3.63) is 58.6 Å². The Balaban J connectivity index is 1.42. The zero-order valence-electron chi connectivity index (χ0n) is 17.0. The number of fused-ring (bicyclic) bond motifs is 1. The first-order chi connectivity index (χ1) is 14.9. The fourth-order valence-electron chi connectivity index (χ4n) is 3.83. The fraction of sp³-hybridized carbons (Fsp3) is 0.364. The van der Waals surface area contributed by atoms with Crippen LogP contribution >= 0.6 is 0 Å². The molecule has 1 aromatic carbocycles. The van der Waals surface area contributed by atoms with Crippen LogP contribution in [0.15, 0.2) is 47.5 Å². The largest absolute Gasteiger partial charge is 0.381 e. The normalized spacial score (nSPS) is 19.2. The van der Waals surface area contributed by atoms with E-state index in [1.54, 1.807) is 19.1 Å². The first kappa shape index (κ1) is 20.8. The van der Waals surface area contributed by atoms with Crippen LogP contribution in [0.5, 0.6) is 0 Å². The zero-order valence-corrected chi connectivity index (χ0v) is 17.0. The minimum Gasteiger partial charge on any atom is -0.381 e. The highest BCUT2D eigenvalue weighted by atomic mass is 19.1. The number of imide groups is 1. The molecule has 162 valence electrons. The van der Waals surface area contributed by atoms with Gasteiger partial charge in [0.25, 0.3) is 17.7 Å². The molecule has 0 atom stereocenters. The van der Waals surface area contributed by atoms with Crippen LogP contribution in [0, 0.1) is 0 Å². The van der Waals surface area contributed by atoms with E-state index in [1.165, 1.54) is 12.1 Å². The molecule has 1 aromatic rings. The minimum atomic E-state index is -0.518. The lowest BCUT2D eigenvalue weighted by molar-refractivity contribution is -0.158. The molecule has 1 fully saturated rings. The lowest BCUT2D eigenvalue weighted by Crippen LogP contribution is -2.40. The van der Waals surface area contributed by atoms with Crippen molar-refractivity contribution in [1.82, 2.24) is 14.9 Å². The molecule has 3 aliphatic rings. The number of hydroxylamine groups is 2. The number of nitrogens with zero attached hydrogens (tertiary/aromatic N) is 3. The first-order valence-corrected chi connectivity index (χ1v) is 10.1. The second-order valence-corrected chi connectivity index (χ2v) is 7.81. The standard InChI is InChI=1S/C22H22FN3O5/c1-14-19(8-9-25(20(14)28)16-6-7-16)31-24(13-27)11-15(10-23)12-26-21(29)17-4-2-3-5-18(17)22(26)30/h2-5,10,13,16H,6-9,11-12H2,1H3/b15-10-. The molecule has 9 heteroatoms. The van der Waals surface area contributed by atoms with E-state index in [4.69, 9.17) is 4.84 Å². The quantitative estimate of drug-likeness (QED) is 0.361. The van der Waals surface area contributed by atoms with E-state index < -0.39 is 11.8 Å². The molecule has 4 amide bonds. The molecule has 4 rings (SSSR count). The lowest BCUT2D eigenvalue weighted by atomic mass is 10.1. The zero-order chi connectivity index (χ0) is 22.1. The second kappa shape index (κ2) is 8.33. The topological polar surface area (TPSA) is 87.2 Å². The molecule has 2 heterocycles. The Morgan fingerprint density at radius 3 is 2.35 bits per heavy atom. The summed E-state index contributed by atoms with van der Waals surface area (Å²) in [5, 5.41) is 0.864. The number of halogens is 1. The summed E-state index contributed by atoms with van der Waals surface area (Å²) in [6.45, 7) is 1.53. The van der Waals surface area contributed by atoms with Crippen molar-refractivity contribution in [2.75, 3.05) is 19.6 Å². The molecule has 1 saturated carbocycles. The summed E-state index contributed by atoms with van der Waals surface area (Å²) < 4.78 is 13.6. The molecular weight excluding hydrogens is 405 g/mol. The third-order valence-corrected chi connectivity index (χ3v) is 5.66. The van der Waals surface area contributed by atoms with E-state index in [2.05, 4.69) is 0 Å². The van der Waals surface area contributed by atoms with Crippen LogP contribution < -0.4 is 0 Å². The van der Waals surface area contributed by atoms with Gasteiger partial charge in [0.05, 0.1) is 36.1 Å².